The van der Waals surface area contributed by atoms with Gasteiger partial charge in [0.25, 0.3) is 0 Å². The summed E-state index contributed by atoms with van der Waals surface area (Å²) in [5.74, 6) is 0.0911. The van der Waals surface area contributed by atoms with Crippen molar-refractivity contribution < 1.29 is 4.79 Å². The average Bonchev–Trinajstić information content (AvgIpc) is 2.17. The molecule has 14 heavy (non-hydrogen) atoms. The summed E-state index contributed by atoms with van der Waals surface area (Å²) in [7, 11) is 0. The number of hydrogen-bond acceptors (Lipinski definition) is 2. The maximum absolute atomic E-state index is 11.2. The second-order valence-electron chi connectivity index (χ2n) is 3.45. The van der Waals surface area contributed by atoms with Crippen LogP contribution in [0, 0.1) is 6.92 Å². The summed E-state index contributed by atoms with van der Waals surface area (Å²) in [6.45, 7) is 3.59. The highest BCUT2D eigenvalue weighted by molar-refractivity contribution is 5.98. The van der Waals surface area contributed by atoms with Gasteiger partial charge in [0.1, 0.15) is 0 Å². The van der Waals surface area contributed by atoms with Gasteiger partial charge in [-0.1, -0.05) is 12.1 Å². The quantitative estimate of drug-likeness (QED) is 0.639. The number of ketones is 1. The molecule has 2 aromatic rings. The summed E-state index contributed by atoms with van der Waals surface area (Å²) in [6.07, 6.45) is 3.62. The van der Waals surface area contributed by atoms with E-state index in [1.54, 1.807) is 13.1 Å². The van der Waals surface area contributed by atoms with Crippen molar-refractivity contribution in [1.82, 2.24) is 4.98 Å². The normalized spacial score (nSPS) is 10.4. The van der Waals surface area contributed by atoms with Crippen LogP contribution in [0.1, 0.15) is 22.8 Å². The Kier molecular flexibility index (Phi) is 2.04. The minimum absolute atomic E-state index is 0.0911. The van der Waals surface area contributed by atoms with Gasteiger partial charge in [-0.15, -0.1) is 0 Å². The van der Waals surface area contributed by atoms with E-state index in [1.165, 1.54) is 0 Å². The predicted octanol–water partition coefficient (Wildman–Crippen LogP) is 2.75. The molecule has 0 unspecified atom stereocenters. The Morgan fingerprint density at radius 2 is 2.07 bits per heavy atom. The third-order valence-electron chi connectivity index (χ3n) is 2.36. The Balaban J connectivity index is 2.73. The van der Waals surface area contributed by atoms with Crippen molar-refractivity contribution in [2.75, 3.05) is 0 Å². The molecule has 0 bridgehead atoms. The summed E-state index contributed by atoms with van der Waals surface area (Å²) < 4.78 is 0. The first-order valence-corrected chi connectivity index (χ1v) is 4.54. The Morgan fingerprint density at radius 3 is 2.79 bits per heavy atom. The zero-order chi connectivity index (χ0) is 10.1. The lowest BCUT2D eigenvalue weighted by molar-refractivity contribution is 0.101. The van der Waals surface area contributed by atoms with Crippen LogP contribution in [0.5, 0.6) is 0 Å². The van der Waals surface area contributed by atoms with E-state index in [2.05, 4.69) is 4.98 Å². The Morgan fingerprint density at radius 1 is 1.29 bits per heavy atom. The third kappa shape index (κ3) is 1.39. The second-order valence-corrected chi connectivity index (χ2v) is 3.45. The summed E-state index contributed by atoms with van der Waals surface area (Å²) in [4.78, 5) is 15.3. The molecule has 0 amide bonds. The molecule has 2 rings (SSSR count). The number of benzene rings is 1. The molecule has 0 aliphatic carbocycles. The predicted molar refractivity (Wildman–Crippen MR) is 56.5 cm³/mol. The molecule has 0 radical (unpaired) electrons. The van der Waals surface area contributed by atoms with Gasteiger partial charge in [-0.05, 0) is 30.9 Å². The molecule has 0 fully saturated rings. The lowest BCUT2D eigenvalue weighted by atomic mass is 10.0. The SMILES string of the molecule is CC(=O)c1ccc2c(C)cncc2c1. The van der Waals surface area contributed by atoms with Crippen LogP contribution in [-0.2, 0) is 0 Å². The van der Waals surface area contributed by atoms with Gasteiger partial charge in [-0.2, -0.15) is 0 Å². The van der Waals surface area contributed by atoms with Crippen molar-refractivity contribution >= 4 is 16.6 Å². The van der Waals surface area contributed by atoms with Gasteiger partial charge in [0.2, 0.25) is 0 Å². The van der Waals surface area contributed by atoms with Gasteiger partial charge in [-0.25, -0.2) is 0 Å². The number of carbonyl (C=O) groups is 1. The molecular formula is C12H11NO. The molecule has 70 valence electrons. The summed E-state index contributed by atoms with van der Waals surface area (Å²) >= 11 is 0. The van der Waals surface area contributed by atoms with Gasteiger partial charge >= 0.3 is 0 Å². The summed E-state index contributed by atoms with van der Waals surface area (Å²) in [6, 6.07) is 5.72. The number of Topliss-reactive ketones (excluding diaryl/α,β-unsaturated/α-hetero) is 1. The second kappa shape index (κ2) is 3.22. The molecule has 1 aromatic heterocycles. The molecule has 0 atom stereocenters. The van der Waals surface area contributed by atoms with Crippen LogP contribution in [0.3, 0.4) is 0 Å². The maximum atomic E-state index is 11.2. The number of carbonyl (C=O) groups excluding carboxylic acids is 1. The van der Waals surface area contributed by atoms with Crippen molar-refractivity contribution in [3.05, 3.63) is 41.7 Å². The van der Waals surface area contributed by atoms with Gasteiger partial charge in [0.15, 0.2) is 5.78 Å². The van der Waals surface area contributed by atoms with Gasteiger partial charge in [0.05, 0.1) is 0 Å². The van der Waals surface area contributed by atoms with Gasteiger partial charge < -0.3 is 0 Å². The highest BCUT2D eigenvalue weighted by Gasteiger charge is 2.02. The van der Waals surface area contributed by atoms with Crippen LogP contribution >= 0.6 is 0 Å². The first-order chi connectivity index (χ1) is 6.68. The molecule has 1 heterocycles. The first-order valence-electron chi connectivity index (χ1n) is 4.54. The van der Waals surface area contributed by atoms with E-state index in [0.717, 1.165) is 21.9 Å². The van der Waals surface area contributed by atoms with E-state index in [-0.39, 0.29) is 5.78 Å². The smallest absolute Gasteiger partial charge is 0.159 e. The molecule has 2 nitrogen and oxygen atoms in total. The molecule has 0 saturated carbocycles. The minimum Gasteiger partial charge on any atom is -0.295 e. The molecule has 0 N–H and O–H groups in total. The number of aryl methyl sites for hydroxylation is 1. The van der Waals surface area contributed by atoms with E-state index in [1.807, 2.05) is 31.3 Å². The molecule has 0 aliphatic rings. The number of fused-ring (bicyclic) bond motifs is 1. The van der Waals surface area contributed by atoms with E-state index >= 15 is 0 Å². The lowest BCUT2D eigenvalue weighted by Crippen LogP contribution is -1.92. The monoisotopic (exact) mass is 185 g/mol. The van der Waals surface area contributed by atoms with Crippen LogP contribution in [0.15, 0.2) is 30.6 Å². The van der Waals surface area contributed by atoms with E-state index in [4.69, 9.17) is 0 Å². The Labute approximate surface area is 82.6 Å². The van der Waals surface area contributed by atoms with Crippen LogP contribution in [0.25, 0.3) is 10.8 Å². The zero-order valence-corrected chi connectivity index (χ0v) is 8.24. The van der Waals surface area contributed by atoms with Crippen molar-refractivity contribution in [1.29, 1.82) is 0 Å². The number of hydrogen-bond donors (Lipinski definition) is 0. The van der Waals surface area contributed by atoms with Crippen molar-refractivity contribution in [3.8, 4) is 0 Å². The Hall–Kier alpha value is -1.70. The highest BCUT2D eigenvalue weighted by Crippen LogP contribution is 2.18. The molecule has 0 spiro atoms. The first kappa shape index (κ1) is 8.88. The fraction of sp³-hybridized carbons (Fsp3) is 0.167. The van der Waals surface area contributed by atoms with Gasteiger partial charge in [0, 0.05) is 23.3 Å². The van der Waals surface area contributed by atoms with Crippen LogP contribution in [0.2, 0.25) is 0 Å². The van der Waals surface area contributed by atoms with Crippen LogP contribution < -0.4 is 0 Å². The number of aromatic nitrogens is 1. The van der Waals surface area contributed by atoms with E-state index < -0.39 is 0 Å². The van der Waals surface area contributed by atoms with Crippen LogP contribution in [0.4, 0.5) is 0 Å². The third-order valence-corrected chi connectivity index (χ3v) is 2.36. The standard InChI is InChI=1S/C12H11NO/c1-8-6-13-7-11-5-10(9(2)14)3-4-12(8)11/h3-7H,1-2H3. The largest absolute Gasteiger partial charge is 0.295 e. The molecule has 0 aliphatic heterocycles. The molecule has 2 heteroatoms. The van der Waals surface area contributed by atoms with Crippen molar-refractivity contribution in [2.45, 2.75) is 13.8 Å². The maximum Gasteiger partial charge on any atom is 0.159 e. The minimum atomic E-state index is 0.0911. The summed E-state index contributed by atoms with van der Waals surface area (Å²) in [5, 5.41) is 2.18. The topological polar surface area (TPSA) is 30.0 Å². The summed E-state index contributed by atoms with van der Waals surface area (Å²) in [5.41, 5.74) is 1.88. The fourth-order valence-electron chi connectivity index (χ4n) is 1.55. The van der Waals surface area contributed by atoms with E-state index in [9.17, 15) is 4.79 Å². The molecule has 1 aromatic carbocycles. The van der Waals surface area contributed by atoms with Crippen molar-refractivity contribution in [2.24, 2.45) is 0 Å². The number of pyridine rings is 1. The molecule has 0 saturated heterocycles. The van der Waals surface area contributed by atoms with Crippen LogP contribution in [-0.4, -0.2) is 10.8 Å². The number of nitrogens with zero attached hydrogens (tertiary/aromatic N) is 1. The molecular weight excluding hydrogens is 174 g/mol. The lowest BCUT2D eigenvalue weighted by Gasteiger charge is -2.02. The average molecular weight is 185 g/mol. The van der Waals surface area contributed by atoms with Crippen molar-refractivity contribution in [3.63, 3.8) is 0 Å². The highest BCUT2D eigenvalue weighted by atomic mass is 16.1. The van der Waals surface area contributed by atoms with E-state index in [0.29, 0.717) is 0 Å². The number of rotatable bonds is 1. The Bertz CT molecular complexity index is 503. The zero-order valence-electron chi connectivity index (χ0n) is 8.24. The van der Waals surface area contributed by atoms with Gasteiger partial charge in [-0.3, -0.25) is 9.78 Å². The fourth-order valence-corrected chi connectivity index (χ4v) is 1.55.